The van der Waals surface area contributed by atoms with Crippen LogP contribution in [0.4, 0.5) is 0 Å². The molecule has 0 aliphatic rings. The third-order valence-corrected chi connectivity index (χ3v) is 5.18. The normalized spacial score (nSPS) is 11.0. The first kappa shape index (κ1) is 16.6. The van der Waals surface area contributed by atoms with Gasteiger partial charge in [-0.05, 0) is 26.0 Å². The Labute approximate surface area is 146 Å². The molecule has 0 N–H and O–H groups in total. The predicted molar refractivity (Wildman–Crippen MR) is 97.1 cm³/mol. The lowest BCUT2D eigenvalue weighted by Crippen LogP contribution is -1.99. The van der Waals surface area contributed by atoms with E-state index < -0.39 is 0 Å². The quantitative estimate of drug-likeness (QED) is 0.658. The monoisotopic (exact) mass is 343 g/mol. The van der Waals surface area contributed by atoms with Gasteiger partial charge in [-0.15, -0.1) is 0 Å². The fourth-order valence-corrected chi connectivity index (χ4v) is 3.76. The summed E-state index contributed by atoms with van der Waals surface area (Å²) < 4.78 is 12.9. The van der Waals surface area contributed by atoms with Gasteiger partial charge >= 0.3 is 0 Å². The summed E-state index contributed by atoms with van der Waals surface area (Å²) in [6, 6.07) is 5.92. The van der Waals surface area contributed by atoms with Gasteiger partial charge in [0.1, 0.15) is 11.5 Å². The van der Waals surface area contributed by atoms with Crippen molar-refractivity contribution < 1.29 is 9.47 Å². The number of fused-ring (bicyclic) bond motifs is 1. The van der Waals surface area contributed by atoms with Crippen molar-refractivity contribution in [3.8, 4) is 11.5 Å². The van der Waals surface area contributed by atoms with Crippen LogP contribution in [0, 0.1) is 13.8 Å². The molecule has 0 radical (unpaired) electrons. The number of ether oxygens (including phenoxy) is 2. The number of thioether (sulfide) groups is 1. The molecule has 2 heterocycles. The Balaban J connectivity index is 1.87. The van der Waals surface area contributed by atoms with E-state index in [1.54, 1.807) is 26.0 Å². The van der Waals surface area contributed by atoms with Gasteiger partial charge in [0.2, 0.25) is 0 Å². The molecule has 2 aromatic heterocycles. The van der Waals surface area contributed by atoms with Crippen LogP contribution in [0.15, 0.2) is 29.6 Å². The van der Waals surface area contributed by atoms with Gasteiger partial charge < -0.3 is 14.0 Å². The first-order valence-electron chi connectivity index (χ1n) is 7.67. The van der Waals surface area contributed by atoms with E-state index in [0.717, 1.165) is 50.3 Å². The Morgan fingerprint density at radius 2 is 1.96 bits per heavy atom. The van der Waals surface area contributed by atoms with Crippen molar-refractivity contribution in [2.45, 2.75) is 24.8 Å². The van der Waals surface area contributed by atoms with E-state index in [1.165, 1.54) is 0 Å². The molecule has 0 fully saturated rings. The van der Waals surface area contributed by atoms with Crippen LogP contribution >= 0.6 is 11.8 Å². The van der Waals surface area contributed by atoms with Crippen LogP contribution in [-0.4, -0.2) is 28.8 Å². The fraction of sp³-hybridized carbons (Fsp3) is 0.333. The summed E-state index contributed by atoms with van der Waals surface area (Å²) in [6.45, 7) is 4.06. The highest BCUT2D eigenvalue weighted by Crippen LogP contribution is 2.31. The van der Waals surface area contributed by atoms with Crippen LogP contribution in [0.25, 0.3) is 11.0 Å². The molecular formula is C18H21N3O2S. The molecule has 0 spiro atoms. The predicted octanol–water partition coefficient (Wildman–Crippen LogP) is 3.89. The van der Waals surface area contributed by atoms with Gasteiger partial charge in [-0.2, -0.15) is 0 Å². The van der Waals surface area contributed by atoms with Gasteiger partial charge in [-0.3, -0.25) is 4.98 Å². The van der Waals surface area contributed by atoms with Crippen molar-refractivity contribution in [2.75, 3.05) is 14.2 Å². The van der Waals surface area contributed by atoms with Crippen LogP contribution in [0.2, 0.25) is 0 Å². The van der Waals surface area contributed by atoms with Crippen LogP contribution in [0.5, 0.6) is 11.5 Å². The average molecular weight is 343 g/mol. The zero-order chi connectivity index (χ0) is 17.3. The number of aryl methyl sites for hydroxylation is 2. The first-order valence-corrected chi connectivity index (χ1v) is 8.66. The highest BCUT2D eigenvalue weighted by molar-refractivity contribution is 7.98. The lowest BCUT2D eigenvalue weighted by atomic mass is 10.1. The maximum atomic E-state index is 5.48. The molecule has 3 aromatic rings. The summed E-state index contributed by atoms with van der Waals surface area (Å²) in [6.07, 6.45) is 1.86. The highest BCUT2D eigenvalue weighted by atomic mass is 32.2. The topological polar surface area (TPSA) is 49.2 Å². The molecule has 0 aliphatic heterocycles. The van der Waals surface area contributed by atoms with Crippen molar-refractivity contribution in [3.05, 3.63) is 41.2 Å². The number of pyridine rings is 1. The third-order valence-electron chi connectivity index (χ3n) is 4.13. The van der Waals surface area contributed by atoms with E-state index >= 15 is 0 Å². The van der Waals surface area contributed by atoms with Gasteiger partial charge in [0.15, 0.2) is 5.16 Å². The smallest absolute Gasteiger partial charge is 0.169 e. The fourth-order valence-electron chi connectivity index (χ4n) is 2.75. The number of imidazole rings is 1. The van der Waals surface area contributed by atoms with Crippen molar-refractivity contribution in [1.29, 1.82) is 0 Å². The summed E-state index contributed by atoms with van der Waals surface area (Å²) in [7, 11) is 5.39. The van der Waals surface area contributed by atoms with E-state index in [9.17, 15) is 0 Å². The van der Waals surface area contributed by atoms with Gasteiger partial charge in [-0.1, -0.05) is 11.8 Å². The van der Waals surface area contributed by atoms with Crippen LogP contribution in [0.3, 0.4) is 0 Å². The second kappa shape index (κ2) is 6.73. The van der Waals surface area contributed by atoms with Gasteiger partial charge in [-0.25, -0.2) is 4.98 Å². The zero-order valence-electron chi connectivity index (χ0n) is 14.6. The van der Waals surface area contributed by atoms with E-state index in [0.29, 0.717) is 0 Å². The van der Waals surface area contributed by atoms with E-state index in [4.69, 9.17) is 14.5 Å². The SMILES string of the molecule is COc1ccc2nc(SCc3ncc(C)c(OC)c3C)n(C)c2c1. The molecule has 6 heteroatoms. The molecule has 24 heavy (non-hydrogen) atoms. The standard InChI is InChI=1S/C18H21N3O2S/c1-11-9-19-15(12(2)17(11)23-5)10-24-18-20-14-7-6-13(22-4)8-16(14)21(18)3/h6-9H,10H2,1-5H3. The molecule has 0 saturated heterocycles. The third kappa shape index (κ3) is 2.94. The Bertz CT molecular complexity index is 890. The summed E-state index contributed by atoms with van der Waals surface area (Å²) in [4.78, 5) is 9.26. The first-order chi connectivity index (χ1) is 11.5. The largest absolute Gasteiger partial charge is 0.497 e. The Morgan fingerprint density at radius 1 is 1.17 bits per heavy atom. The van der Waals surface area contributed by atoms with Crippen molar-refractivity contribution in [3.63, 3.8) is 0 Å². The Kier molecular flexibility index (Phi) is 4.66. The Morgan fingerprint density at radius 3 is 2.67 bits per heavy atom. The van der Waals surface area contributed by atoms with Gasteiger partial charge in [0.05, 0.1) is 30.9 Å². The van der Waals surface area contributed by atoms with Crippen LogP contribution in [0.1, 0.15) is 16.8 Å². The molecule has 0 saturated carbocycles. The molecule has 0 atom stereocenters. The molecule has 0 aliphatic carbocycles. The number of benzene rings is 1. The summed E-state index contributed by atoms with van der Waals surface area (Å²) in [5.74, 6) is 2.50. The van der Waals surface area contributed by atoms with E-state index in [2.05, 4.69) is 16.5 Å². The van der Waals surface area contributed by atoms with Crippen molar-refractivity contribution in [2.24, 2.45) is 7.05 Å². The lowest BCUT2D eigenvalue weighted by molar-refractivity contribution is 0.407. The van der Waals surface area contributed by atoms with Crippen molar-refractivity contribution in [1.82, 2.24) is 14.5 Å². The molecule has 3 rings (SSSR count). The average Bonchev–Trinajstić information content (AvgIpc) is 2.90. The maximum Gasteiger partial charge on any atom is 0.169 e. The number of methoxy groups -OCH3 is 2. The summed E-state index contributed by atoms with van der Waals surface area (Å²) in [5, 5.41) is 0.957. The van der Waals surface area contributed by atoms with Crippen LogP contribution in [-0.2, 0) is 12.8 Å². The molecule has 0 unspecified atom stereocenters. The summed E-state index contributed by atoms with van der Waals surface area (Å²) >= 11 is 1.67. The molecule has 1 aromatic carbocycles. The van der Waals surface area contributed by atoms with Crippen molar-refractivity contribution >= 4 is 22.8 Å². The van der Waals surface area contributed by atoms with E-state index in [-0.39, 0.29) is 0 Å². The second-order valence-electron chi connectivity index (χ2n) is 5.64. The number of hydrogen-bond donors (Lipinski definition) is 0. The number of aromatic nitrogens is 3. The summed E-state index contributed by atoms with van der Waals surface area (Å²) in [5.41, 5.74) is 5.19. The minimum atomic E-state index is 0.747. The second-order valence-corrected chi connectivity index (χ2v) is 6.59. The number of hydrogen-bond acceptors (Lipinski definition) is 5. The minimum absolute atomic E-state index is 0.747. The van der Waals surface area contributed by atoms with Gasteiger partial charge in [0.25, 0.3) is 0 Å². The van der Waals surface area contributed by atoms with Gasteiger partial charge in [0, 0.05) is 36.2 Å². The molecule has 0 amide bonds. The molecule has 5 nitrogen and oxygen atoms in total. The highest BCUT2D eigenvalue weighted by Gasteiger charge is 2.13. The number of rotatable bonds is 5. The molecule has 0 bridgehead atoms. The zero-order valence-corrected chi connectivity index (χ0v) is 15.4. The minimum Gasteiger partial charge on any atom is -0.497 e. The lowest BCUT2D eigenvalue weighted by Gasteiger charge is -2.11. The van der Waals surface area contributed by atoms with E-state index in [1.807, 2.05) is 38.4 Å². The Hall–Kier alpha value is -2.21. The molecule has 126 valence electrons. The van der Waals surface area contributed by atoms with Crippen LogP contribution < -0.4 is 9.47 Å². The molecular weight excluding hydrogens is 322 g/mol. The number of nitrogens with zero attached hydrogens (tertiary/aromatic N) is 3. The maximum absolute atomic E-state index is 5.48.